The number of nitrogens with one attached hydrogen (secondary N) is 1. The number of para-hydroxylation sites is 1. The van der Waals surface area contributed by atoms with Crippen molar-refractivity contribution in [2.75, 3.05) is 0 Å². The molecule has 3 N–H and O–H groups in total. The number of hydrogen-bond acceptors (Lipinski definition) is 3. The number of aryl methyl sites for hydroxylation is 1. The van der Waals surface area contributed by atoms with Gasteiger partial charge >= 0.3 is 0 Å². The van der Waals surface area contributed by atoms with Gasteiger partial charge in [-0.3, -0.25) is 4.79 Å². The van der Waals surface area contributed by atoms with Crippen LogP contribution in [0.3, 0.4) is 0 Å². The predicted octanol–water partition coefficient (Wildman–Crippen LogP) is 3.68. The summed E-state index contributed by atoms with van der Waals surface area (Å²) in [6.07, 6.45) is 5.54. The van der Waals surface area contributed by atoms with Crippen LogP contribution in [0.1, 0.15) is 49.1 Å². The average molecular weight is 403 g/mol. The van der Waals surface area contributed by atoms with Gasteiger partial charge in [-0.05, 0) is 63.5 Å². The van der Waals surface area contributed by atoms with E-state index in [1.54, 1.807) is 0 Å². The van der Waals surface area contributed by atoms with Crippen molar-refractivity contribution in [3.8, 4) is 5.69 Å². The molecule has 28 heavy (non-hydrogen) atoms. The molecule has 1 aromatic heterocycles. The molecule has 4 rings (SSSR count). The maximum atomic E-state index is 12.8. The molecule has 2 saturated carbocycles. The molecule has 1 aromatic carbocycles. The molecule has 2 aliphatic carbocycles. The lowest BCUT2D eigenvalue weighted by molar-refractivity contribution is -0.128. The summed E-state index contributed by atoms with van der Waals surface area (Å²) in [4.78, 5) is 12.8. The summed E-state index contributed by atoms with van der Waals surface area (Å²) >= 11 is 0. The third-order valence-electron chi connectivity index (χ3n) is 6.67. The number of nitrogens with two attached hydrogens (primary N) is 1. The number of rotatable bonds is 4. The highest BCUT2D eigenvalue weighted by atomic mass is 35.5. The van der Waals surface area contributed by atoms with Crippen LogP contribution in [0.15, 0.2) is 30.3 Å². The molecule has 2 atom stereocenters. The Morgan fingerprint density at radius 2 is 1.82 bits per heavy atom. The summed E-state index contributed by atoms with van der Waals surface area (Å²) in [5.74, 6) is 1.35. The molecule has 2 aromatic rings. The minimum atomic E-state index is 0. The predicted molar refractivity (Wildman–Crippen MR) is 114 cm³/mol. The summed E-state index contributed by atoms with van der Waals surface area (Å²) in [5.41, 5.74) is 10.6. The summed E-state index contributed by atoms with van der Waals surface area (Å²) in [7, 11) is 0. The van der Waals surface area contributed by atoms with Gasteiger partial charge in [0.1, 0.15) is 0 Å². The topological polar surface area (TPSA) is 72.9 Å². The second-order valence-electron chi connectivity index (χ2n) is 8.31. The average Bonchev–Trinajstić information content (AvgIpc) is 2.94. The zero-order chi connectivity index (χ0) is 19.0. The number of amides is 1. The number of carbonyl (C=O) groups excluding carboxylic acids is 1. The maximum absolute atomic E-state index is 12.8. The Balaban J connectivity index is 0.00000225. The van der Waals surface area contributed by atoms with Gasteiger partial charge < -0.3 is 11.1 Å². The van der Waals surface area contributed by atoms with E-state index >= 15 is 0 Å². The first kappa shape index (κ1) is 20.9. The second kappa shape index (κ2) is 8.66. The number of hydrogen-bond donors (Lipinski definition) is 2. The standard InChI is InChI=1S/C22H30N4O.ClH/c1-14-20(15(2)26(25-14)19-9-4-3-5-10-19)13-24-22(27)18-11-16-7-6-8-17(12-18)21(16)23;/h3-5,9-10,16-18,21H,6-8,11-13,23H2,1-2H3,(H,24,27);1H. The lowest BCUT2D eigenvalue weighted by Gasteiger charge is -2.43. The van der Waals surface area contributed by atoms with Crippen LogP contribution >= 0.6 is 12.4 Å². The number of fused-ring (bicyclic) bond motifs is 2. The van der Waals surface area contributed by atoms with Gasteiger partial charge in [0.25, 0.3) is 0 Å². The fourth-order valence-electron chi connectivity index (χ4n) is 5.07. The zero-order valence-corrected chi connectivity index (χ0v) is 17.5. The number of benzene rings is 1. The quantitative estimate of drug-likeness (QED) is 0.819. The lowest BCUT2D eigenvalue weighted by atomic mass is 9.65. The van der Waals surface area contributed by atoms with Crippen LogP contribution < -0.4 is 11.1 Å². The van der Waals surface area contributed by atoms with E-state index in [2.05, 4.69) is 17.3 Å². The minimum absolute atomic E-state index is 0. The smallest absolute Gasteiger partial charge is 0.223 e. The Hall–Kier alpha value is -1.85. The van der Waals surface area contributed by atoms with Gasteiger partial charge in [0.2, 0.25) is 5.91 Å². The molecule has 1 heterocycles. The van der Waals surface area contributed by atoms with Crippen LogP contribution in [0.25, 0.3) is 5.69 Å². The summed E-state index contributed by atoms with van der Waals surface area (Å²) < 4.78 is 1.96. The summed E-state index contributed by atoms with van der Waals surface area (Å²) in [6.45, 7) is 4.62. The van der Waals surface area contributed by atoms with Gasteiger partial charge in [-0.1, -0.05) is 24.6 Å². The van der Waals surface area contributed by atoms with Crippen LogP contribution in [0.5, 0.6) is 0 Å². The van der Waals surface area contributed by atoms with Crippen LogP contribution in [-0.4, -0.2) is 21.7 Å². The van der Waals surface area contributed by atoms with Gasteiger partial charge in [0.15, 0.2) is 0 Å². The molecule has 6 heteroatoms. The maximum Gasteiger partial charge on any atom is 0.223 e. The molecule has 5 nitrogen and oxygen atoms in total. The third-order valence-corrected chi connectivity index (χ3v) is 6.67. The fourth-order valence-corrected chi connectivity index (χ4v) is 5.07. The Morgan fingerprint density at radius 1 is 1.18 bits per heavy atom. The number of carbonyl (C=O) groups is 1. The molecule has 2 bridgehead atoms. The SMILES string of the molecule is Cc1nn(-c2ccccc2)c(C)c1CNC(=O)C1CC2CCCC(C1)C2N.Cl. The van der Waals surface area contributed by atoms with Crippen molar-refractivity contribution in [2.24, 2.45) is 23.5 Å². The Morgan fingerprint density at radius 3 is 2.46 bits per heavy atom. The molecular formula is C22H31ClN4O. The largest absolute Gasteiger partial charge is 0.352 e. The van der Waals surface area contributed by atoms with Crippen molar-refractivity contribution in [3.05, 3.63) is 47.3 Å². The molecule has 0 radical (unpaired) electrons. The number of halogens is 1. The third kappa shape index (κ3) is 3.96. The zero-order valence-electron chi connectivity index (χ0n) is 16.7. The first-order chi connectivity index (χ1) is 13.0. The summed E-state index contributed by atoms with van der Waals surface area (Å²) in [6, 6.07) is 10.4. The molecule has 2 unspecified atom stereocenters. The van der Waals surface area contributed by atoms with Crippen LogP contribution in [0.2, 0.25) is 0 Å². The van der Waals surface area contributed by atoms with E-state index in [1.165, 1.54) is 19.3 Å². The molecule has 0 saturated heterocycles. The Labute approximate surface area is 173 Å². The van der Waals surface area contributed by atoms with E-state index in [1.807, 2.05) is 41.9 Å². The van der Waals surface area contributed by atoms with E-state index in [0.29, 0.717) is 24.4 Å². The van der Waals surface area contributed by atoms with Crippen molar-refractivity contribution in [2.45, 2.75) is 58.5 Å². The number of nitrogens with zero attached hydrogens (tertiary/aromatic N) is 2. The first-order valence-electron chi connectivity index (χ1n) is 10.2. The molecule has 0 spiro atoms. The van der Waals surface area contributed by atoms with Gasteiger partial charge in [0, 0.05) is 29.8 Å². The monoisotopic (exact) mass is 402 g/mol. The van der Waals surface area contributed by atoms with Crippen molar-refractivity contribution in [1.29, 1.82) is 0 Å². The molecule has 152 valence electrons. The molecule has 2 aliphatic rings. The highest BCUT2D eigenvalue weighted by Crippen LogP contribution is 2.41. The summed E-state index contributed by atoms with van der Waals surface area (Å²) in [5, 5.41) is 7.86. The van der Waals surface area contributed by atoms with Gasteiger partial charge in [-0.2, -0.15) is 5.10 Å². The van der Waals surface area contributed by atoms with Crippen molar-refractivity contribution < 1.29 is 4.79 Å². The molecular weight excluding hydrogens is 372 g/mol. The van der Waals surface area contributed by atoms with E-state index < -0.39 is 0 Å². The Kier molecular flexibility index (Phi) is 6.46. The van der Waals surface area contributed by atoms with Gasteiger partial charge in [0.05, 0.1) is 11.4 Å². The first-order valence-corrected chi connectivity index (χ1v) is 10.2. The fraction of sp³-hybridized carbons (Fsp3) is 0.545. The van der Waals surface area contributed by atoms with Gasteiger partial charge in [-0.25, -0.2) is 4.68 Å². The van der Waals surface area contributed by atoms with Crippen molar-refractivity contribution in [3.63, 3.8) is 0 Å². The highest BCUT2D eigenvalue weighted by molar-refractivity contribution is 5.85. The van der Waals surface area contributed by atoms with Crippen molar-refractivity contribution >= 4 is 18.3 Å². The van der Waals surface area contributed by atoms with Crippen LogP contribution in [-0.2, 0) is 11.3 Å². The van der Waals surface area contributed by atoms with Crippen LogP contribution in [0.4, 0.5) is 0 Å². The van der Waals surface area contributed by atoms with Crippen LogP contribution in [0, 0.1) is 31.6 Å². The van der Waals surface area contributed by atoms with E-state index in [4.69, 9.17) is 5.73 Å². The number of aromatic nitrogens is 2. The molecule has 2 fully saturated rings. The highest BCUT2D eigenvalue weighted by Gasteiger charge is 2.40. The second-order valence-corrected chi connectivity index (χ2v) is 8.31. The normalized spacial score (nSPS) is 26.4. The van der Waals surface area contributed by atoms with E-state index in [9.17, 15) is 4.79 Å². The van der Waals surface area contributed by atoms with Gasteiger partial charge in [-0.15, -0.1) is 12.4 Å². The minimum Gasteiger partial charge on any atom is -0.352 e. The molecule has 0 aliphatic heterocycles. The van der Waals surface area contributed by atoms with Crippen molar-refractivity contribution in [1.82, 2.24) is 15.1 Å². The molecule has 1 amide bonds. The van der Waals surface area contributed by atoms with E-state index in [-0.39, 0.29) is 24.2 Å². The van der Waals surface area contributed by atoms with E-state index in [0.717, 1.165) is 35.5 Å². The lowest BCUT2D eigenvalue weighted by Crippen LogP contribution is -2.49. The Bertz CT molecular complexity index is 805.